The molecule has 1 aliphatic rings. The average molecular weight is 446 g/mol. The number of carbonyl (C=O) groups is 1. The summed E-state index contributed by atoms with van der Waals surface area (Å²) >= 11 is 0. The van der Waals surface area contributed by atoms with E-state index < -0.39 is 0 Å². The number of nitrogens with one attached hydrogen (secondary N) is 2. The van der Waals surface area contributed by atoms with E-state index in [-0.39, 0.29) is 47.6 Å². The molecule has 0 saturated carbocycles. The molecule has 2 rings (SSSR count). The normalized spacial score (nSPS) is 16.5. The van der Waals surface area contributed by atoms with Crippen LogP contribution in [0.25, 0.3) is 0 Å². The highest BCUT2D eigenvalue weighted by Gasteiger charge is 2.30. The fraction of sp³-hybridized carbons (Fsp3) is 0.529. The molecule has 1 saturated heterocycles. The van der Waals surface area contributed by atoms with Gasteiger partial charge in [-0.15, -0.1) is 24.0 Å². The fourth-order valence-corrected chi connectivity index (χ4v) is 2.61. The average Bonchev–Trinajstić information content (AvgIpc) is 2.86. The Kier molecular flexibility index (Phi) is 7.78. The molecule has 1 aromatic rings. The molecule has 1 aromatic carbocycles. The number of hydrogen-bond donors (Lipinski definition) is 3. The number of nitrogens with zero attached hydrogens (tertiary/aromatic N) is 2. The molecule has 134 valence electrons. The number of hydrogen-bond acceptors (Lipinski definition) is 3. The van der Waals surface area contributed by atoms with Crippen LogP contribution in [-0.2, 0) is 4.79 Å². The van der Waals surface area contributed by atoms with E-state index in [2.05, 4.69) is 34.4 Å². The monoisotopic (exact) mass is 446 g/mol. The number of halogens is 1. The van der Waals surface area contributed by atoms with Gasteiger partial charge in [0.05, 0.1) is 0 Å². The SMILES string of the molecule is CCNC(=NCC(=O)Nc1ccc(O)cc1)N1CCC(C)(C)C1.I. The van der Waals surface area contributed by atoms with Crippen LogP contribution in [0.15, 0.2) is 29.3 Å². The quantitative estimate of drug-likeness (QED) is 0.288. The summed E-state index contributed by atoms with van der Waals surface area (Å²) in [7, 11) is 0. The lowest BCUT2D eigenvalue weighted by atomic mass is 9.93. The van der Waals surface area contributed by atoms with Crippen molar-refractivity contribution in [3.05, 3.63) is 24.3 Å². The van der Waals surface area contributed by atoms with Crippen molar-refractivity contribution in [2.75, 3.05) is 31.5 Å². The van der Waals surface area contributed by atoms with E-state index in [1.54, 1.807) is 12.1 Å². The van der Waals surface area contributed by atoms with E-state index in [4.69, 9.17) is 0 Å². The van der Waals surface area contributed by atoms with Crippen molar-refractivity contribution >= 4 is 41.5 Å². The number of aromatic hydroxyl groups is 1. The van der Waals surface area contributed by atoms with E-state index in [1.807, 2.05) is 6.92 Å². The number of amides is 1. The molecule has 1 amide bonds. The molecule has 0 radical (unpaired) electrons. The number of phenols is 1. The molecule has 0 aromatic heterocycles. The summed E-state index contributed by atoms with van der Waals surface area (Å²) in [5, 5.41) is 15.3. The van der Waals surface area contributed by atoms with Crippen LogP contribution in [-0.4, -0.2) is 48.1 Å². The van der Waals surface area contributed by atoms with Gasteiger partial charge in [-0.05, 0) is 43.0 Å². The van der Waals surface area contributed by atoms with E-state index in [0.717, 1.165) is 32.0 Å². The van der Waals surface area contributed by atoms with Crippen LogP contribution in [0, 0.1) is 5.41 Å². The molecule has 1 fully saturated rings. The first-order valence-electron chi connectivity index (χ1n) is 8.02. The topological polar surface area (TPSA) is 77.0 Å². The van der Waals surface area contributed by atoms with Crippen LogP contribution in [0.5, 0.6) is 5.75 Å². The zero-order chi connectivity index (χ0) is 16.9. The Hall–Kier alpha value is -1.51. The summed E-state index contributed by atoms with van der Waals surface area (Å²) < 4.78 is 0. The van der Waals surface area contributed by atoms with Gasteiger partial charge < -0.3 is 20.6 Å². The van der Waals surface area contributed by atoms with Crippen molar-refractivity contribution in [1.82, 2.24) is 10.2 Å². The second-order valence-corrected chi connectivity index (χ2v) is 6.60. The van der Waals surface area contributed by atoms with Crippen LogP contribution in [0.3, 0.4) is 0 Å². The van der Waals surface area contributed by atoms with Gasteiger partial charge in [0.1, 0.15) is 12.3 Å². The summed E-state index contributed by atoms with van der Waals surface area (Å²) in [5.74, 6) is 0.788. The lowest BCUT2D eigenvalue weighted by molar-refractivity contribution is -0.114. The second kappa shape index (κ2) is 9.10. The molecule has 7 heteroatoms. The summed E-state index contributed by atoms with van der Waals surface area (Å²) in [6.07, 6.45) is 1.12. The van der Waals surface area contributed by atoms with Crippen LogP contribution in [0.1, 0.15) is 27.2 Å². The third-order valence-corrected chi connectivity index (χ3v) is 3.84. The molecule has 3 N–H and O–H groups in total. The second-order valence-electron chi connectivity index (χ2n) is 6.60. The maximum atomic E-state index is 12.0. The fourth-order valence-electron chi connectivity index (χ4n) is 2.61. The van der Waals surface area contributed by atoms with Crippen molar-refractivity contribution < 1.29 is 9.90 Å². The molecule has 0 aliphatic carbocycles. The molecular formula is C17H27IN4O2. The Bertz CT molecular complexity index is 572. The Morgan fingerprint density at radius 2 is 2.00 bits per heavy atom. The summed E-state index contributed by atoms with van der Waals surface area (Å²) in [6.45, 7) is 9.25. The van der Waals surface area contributed by atoms with E-state index in [1.165, 1.54) is 12.1 Å². The number of carbonyl (C=O) groups excluding carboxylic acids is 1. The summed E-state index contributed by atoms with van der Waals surface area (Å²) in [5.41, 5.74) is 0.931. The van der Waals surface area contributed by atoms with Crippen molar-refractivity contribution in [2.45, 2.75) is 27.2 Å². The predicted molar refractivity (Wildman–Crippen MR) is 108 cm³/mol. The van der Waals surface area contributed by atoms with Gasteiger partial charge >= 0.3 is 0 Å². The highest BCUT2D eigenvalue weighted by atomic mass is 127. The Morgan fingerprint density at radius 3 is 2.54 bits per heavy atom. The highest BCUT2D eigenvalue weighted by Crippen LogP contribution is 2.28. The Morgan fingerprint density at radius 1 is 1.33 bits per heavy atom. The minimum atomic E-state index is -0.176. The third-order valence-electron chi connectivity index (χ3n) is 3.84. The molecule has 1 heterocycles. The van der Waals surface area contributed by atoms with E-state index >= 15 is 0 Å². The van der Waals surface area contributed by atoms with Gasteiger partial charge in [-0.25, -0.2) is 4.99 Å². The molecular weight excluding hydrogens is 419 g/mol. The molecule has 24 heavy (non-hydrogen) atoms. The Labute approximate surface area is 160 Å². The van der Waals surface area contributed by atoms with E-state index in [9.17, 15) is 9.90 Å². The first-order valence-corrected chi connectivity index (χ1v) is 8.02. The van der Waals surface area contributed by atoms with Crippen LogP contribution < -0.4 is 10.6 Å². The number of aliphatic imine (C=N–C) groups is 1. The third kappa shape index (κ3) is 6.18. The molecule has 0 atom stereocenters. The van der Waals surface area contributed by atoms with Gasteiger partial charge in [-0.2, -0.15) is 0 Å². The largest absolute Gasteiger partial charge is 0.508 e. The van der Waals surface area contributed by atoms with Crippen LogP contribution in [0.4, 0.5) is 5.69 Å². The molecule has 1 aliphatic heterocycles. The maximum Gasteiger partial charge on any atom is 0.246 e. The zero-order valence-electron chi connectivity index (χ0n) is 14.5. The van der Waals surface area contributed by atoms with Crippen LogP contribution in [0.2, 0.25) is 0 Å². The minimum absolute atomic E-state index is 0. The number of guanidine groups is 1. The number of anilines is 1. The van der Waals surface area contributed by atoms with Crippen molar-refractivity contribution in [2.24, 2.45) is 10.4 Å². The van der Waals surface area contributed by atoms with Crippen molar-refractivity contribution in [3.63, 3.8) is 0 Å². The Balaban J connectivity index is 0.00000288. The molecule has 6 nitrogen and oxygen atoms in total. The highest BCUT2D eigenvalue weighted by molar-refractivity contribution is 14.0. The predicted octanol–water partition coefficient (Wildman–Crippen LogP) is 2.65. The van der Waals surface area contributed by atoms with Crippen LogP contribution >= 0.6 is 24.0 Å². The van der Waals surface area contributed by atoms with Gasteiger partial charge in [-0.1, -0.05) is 13.8 Å². The molecule has 0 spiro atoms. The minimum Gasteiger partial charge on any atom is -0.508 e. The number of benzene rings is 1. The lowest BCUT2D eigenvalue weighted by Gasteiger charge is -2.23. The number of rotatable bonds is 4. The summed E-state index contributed by atoms with van der Waals surface area (Å²) in [6, 6.07) is 6.39. The zero-order valence-corrected chi connectivity index (χ0v) is 16.8. The van der Waals surface area contributed by atoms with Gasteiger partial charge in [0.15, 0.2) is 5.96 Å². The molecule has 0 unspecified atom stereocenters. The molecule has 0 bridgehead atoms. The van der Waals surface area contributed by atoms with E-state index in [0.29, 0.717) is 5.69 Å². The number of likely N-dealkylation sites (tertiary alicyclic amines) is 1. The standard InChI is InChI=1S/C17H26N4O2.HI/c1-4-18-16(21-10-9-17(2,3)12-21)19-11-15(23)20-13-5-7-14(22)8-6-13;/h5-8,22H,4,9-12H2,1-3H3,(H,18,19)(H,20,23);1H. The van der Waals surface area contributed by atoms with Gasteiger partial charge in [0.25, 0.3) is 0 Å². The van der Waals surface area contributed by atoms with Gasteiger partial charge in [-0.3, -0.25) is 4.79 Å². The number of phenolic OH excluding ortho intramolecular Hbond substituents is 1. The first kappa shape index (κ1) is 20.5. The summed E-state index contributed by atoms with van der Waals surface area (Å²) in [4.78, 5) is 18.7. The van der Waals surface area contributed by atoms with Gasteiger partial charge in [0, 0.05) is 25.3 Å². The van der Waals surface area contributed by atoms with Gasteiger partial charge in [0.2, 0.25) is 5.91 Å². The van der Waals surface area contributed by atoms with Crippen molar-refractivity contribution in [3.8, 4) is 5.75 Å². The first-order chi connectivity index (χ1) is 10.9. The lowest BCUT2D eigenvalue weighted by Crippen LogP contribution is -2.41. The smallest absolute Gasteiger partial charge is 0.246 e. The van der Waals surface area contributed by atoms with Crippen molar-refractivity contribution in [1.29, 1.82) is 0 Å². The maximum absolute atomic E-state index is 12.0.